The van der Waals surface area contributed by atoms with E-state index in [1.165, 1.54) is 0 Å². The molecule has 0 saturated heterocycles. The monoisotopic (exact) mass is 477 g/mol. The molecular formula is C27H28ClN3O3. The minimum atomic E-state index is -0.606. The molecule has 4 unspecified atom stereocenters. The zero-order valence-corrected chi connectivity index (χ0v) is 19.5. The summed E-state index contributed by atoms with van der Waals surface area (Å²) in [6.07, 6.45) is 6.24. The van der Waals surface area contributed by atoms with Crippen molar-refractivity contribution in [1.82, 2.24) is 15.6 Å². The van der Waals surface area contributed by atoms with Crippen molar-refractivity contribution >= 4 is 28.5 Å². The molecule has 4 N–H and O–H groups in total. The van der Waals surface area contributed by atoms with Gasteiger partial charge in [0.1, 0.15) is 0 Å². The number of benzene rings is 2. The molecule has 0 aliphatic heterocycles. The number of hydrogen-bond donors (Lipinski definition) is 4. The molecule has 1 heterocycles. The molecule has 0 spiro atoms. The van der Waals surface area contributed by atoms with Gasteiger partial charge in [-0.05, 0) is 73.6 Å². The average molecular weight is 478 g/mol. The Kier molecular flexibility index (Phi) is 5.19. The third-order valence-electron chi connectivity index (χ3n) is 8.13. The first-order chi connectivity index (χ1) is 16.4. The van der Waals surface area contributed by atoms with Crippen molar-refractivity contribution < 1.29 is 9.90 Å². The highest BCUT2D eigenvalue weighted by molar-refractivity contribution is 6.31. The van der Waals surface area contributed by atoms with Gasteiger partial charge in [0, 0.05) is 28.2 Å². The van der Waals surface area contributed by atoms with E-state index in [4.69, 9.17) is 11.6 Å². The lowest BCUT2D eigenvalue weighted by molar-refractivity contribution is -0.136. The normalized spacial score (nSPS) is 30.3. The summed E-state index contributed by atoms with van der Waals surface area (Å²) in [6.45, 7) is 0. The Balaban J connectivity index is 1.29. The summed E-state index contributed by atoms with van der Waals surface area (Å²) >= 11 is 6.09. The van der Waals surface area contributed by atoms with Crippen LogP contribution in [0.25, 0.3) is 10.9 Å². The van der Waals surface area contributed by atoms with E-state index in [1.54, 1.807) is 24.4 Å². The summed E-state index contributed by atoms with van der Waals surface area (Å²) in [5.41, 5.74) is 1.27. The Labute approximate surface area is 202 Å². The van der Waals surface area contributed by atoms with Gasteiger partial charge in [0.05, 0.1) is 17.2 Å². The second-order valence-corrected chi connectivity index (χ2v) is 10.9. The van der Waals surface area contributed by atoms with Crippen LogP contribution in [0.1, 0.15) is 49.3 Å². The van der Waals surface area contributed by atoms with Crippen LogP contribution >= 0.6 is 11.6 Å². The van der Waals surface area contributed by atoms with Crippen LogP contribution in [0.4, 0.5) is 4.79 Å². The SMILES string of the molecule is O=C(NC(c1ccccc1)c1c[nH]c2cc(Cl)ccc2c1=O)NC1[C@@H]2CC3C[C@H]1CC(O)(C3)C2. The Morgan fingerprint density at radius 3 is 2.53 bits per heavy atom. The van der Waals surface area contributed by atoms with Gasteiger partial charge in [0.15, 0.2) is 5.43 Å². The molecule has 34 heavy (non-hydrogen) atoms. The van der Waals surface area contributed by atoms with Gasteiger partial charge in [-0.1, -0.05) is 41.9 Å². The van der Waals surface area contributed by atoms with Gasteiger partial charge < -0.3 is 20.7 Å². The number of amides is 2. The van der Waals surface area contributed by atoms with Crippen molar-refractivity contribution in [2.24, 2.45) is 17.8 Å². The van der Waals surface area contributed by atoms with E-state index in [9.17, 15) is 14.7 Å². The number of urea groups is 1. The average Bonchev–Trinajstić information content (AvgIpc) is 2.80. The molecule has 4 aliphatic carbocycles. The van der Waals surface area contributed by atoms with E-state index >= 15 is 0 Å². The number of aromatic amines is 1. The van der Waals surface area contributed by atoms with Crippen LogP contribution in [0.5, 0.6) is 0 Å². The topological polar surface area (TPSA) is 94.2 Å². The van der Waals surface area contributed by atoms with Crippen LogP contribution in [0.2, 0.25) is 5.02 Å². The van der Waals surface area contributed by atoms with E-state index in [2.05, 4.69) is 15.6 Å². The van der Waals surface area contributed by atoms with Gasteiger partial charge in [0.25, 0.3) is 0 Å². The first-order valence-electron chi connectivity index (χ1n) is 12.0. The molecule has 2 aromatic carbocycles. The number of halogens is 1. The Bertz CT molecular complexity index is 1290. The second-order valence-electron chi connectivity index (χ2n) is 10.4. The van der Waals surface area contributed by atoms with Crippen molar-refractivity contribution in [3.05, 3.63) is 81.1 Å². The summed E-state index contributed by atoms with van der Waals surface area (Å²) < 4.78 is 0. The standard InChI is InChI=1S/C27H28ClN3O3/c28-19-6-7-20-22(10-19)29-14-21(25(20)32)24(16-4-2-1-3-5-16)31-26(33)30-23-17-8-15-9-18(23)13-27(34,11-15)12-17/h1-7,10,14-15,17-18,23-24,34H,8-9,11-13H2,(H,29,32)(H2,30,31,33)/t15?,17-,18+,23?,24?,27?. The van der Waals surface area contributed by atoms with Crippen LogP contribution < -0.4 is 16.1 Å². The molecule has 176 valence electrons. The molecule has 2 amide bonds. The second kappa shape index (κ2) is 8.14. The first kappa shape index (κ1) is 21.7. The highest BCUT2D eigenvalue weighted by Crippen LogP contribution is 2.55. The summed E-state index contributed by atoms with van der Waals surface area (Å²) in [6, 6.07) is 13.8. The van der Waals surface area contributed by atoms with Crippen LogP contribution in [0.15, 0.2) is 59.5 Å². The minimum absolute atomic E-state index is 0.0604. The Morgan fingerprint density at radius 1 is 1.09 bits per heavy atom. The van der Waals surface area contributed by atoms with E-state index in [0.29, 0.717) is 39.2 Å². The van der Waals surface area contributed by atoms with Gasteiger partial charge in [-0.25, -0.2) is 4.79 Å². The maximum Gasteiger partial charge on any atom is 0.315 e. The highest BCUT2D eigenvalue weighted by atomic mass is 35.5. The molecule has 4 bridgehead atoms. The number of aromatic nitrogens is 1. The number of H-pyrrole nitrogens is 1. The molecule has 6 atom stereocenters. The molecule has 7 rings (SSSR count). The smallest absolute Gasteiger partial charge is 0.315 e. The van der Waals surface area contributed by atoms with Crippen molar-refractivity contribution in [2.45, 2.75) is 49.8 Å². The lowest BCUT2D eigenvalue weighted by atomic mass is 9.52. The summed E-state index contributed by atoms with van der Waals surface area (Å²) in [5.74, 6) is 1.20. The fourth-order valence-electron chi connectivity index (χ4n) is 6.95. The lowest BCUT2D eigenvalue weighted by Gasteiger charge is -2.58. The van der Waals surface area contributed by atoms with Crippen molar-refractivity contribution in [2.75, 3.05) is 0 Å². The summed E-state index contributed by atoms with van der Waals surface area (Å²) in [7, 11) is 0. The Hall–Kier alpha value is -2.83. The highest BCUT2D eigenvalue weighted by Gasteiger charge is 2.55. The maximum absolute atomic E-state index is 13.4. The van der Waals surface area contributed by atoms with Gasteiger partial charge in [-0.2, -0.15) is 0 Å². The predicted octanol–water partition coefficient (Wildman–Crippen LogP) is 4.51. The molecule has 0 radical (unpaired) electrons. The molecule has 4 saturated carbocycles. The molecule has 6 nitrogen and oxygen atoms in total. The number of nitrogens with one attached hydrogen (secondary N) is 3. The zero-order valence-electron chi connectivity index (χ0n) is 18.8. The Morgan fingerprint density at radius 2 is 1.82 bits per heavy atom. The van der Waals surface area contributed by atoms with Gasteiger partial charge in [-0.3, -0.25) is 4.79 Å². The number of pyridine rings is 1. The number of hydrogen-bond acceptors (Lipinski definition) is 3. The number of aliphatic hydroxyl groups is 1. The number of carbonyl (C=O) groups excluding carboxylic acids is 1. The van der Waals surface area contributed by atoms with Crippen LogP contribution in [0, 0.1) is 17.8 Å². The summed E-state index contributed by atoms with van der Waals surface area (Å²) in [5, 5.41) is 18.2. The van der Waals surface area contributed by atoms with Crippen LogP contribution in [0.3, 0.4) is 0 Å². The third kappa shape index (κ3) is 3.79. The van der Waals surface area contributed by atoms with E-state index in [1.807, 2.05) is 30.3 Å². The van der Waals surface area contributed by atoms with Gasteiger partial charge in [-0.15, -0.1) is 0 Å². The van der Waals surface area contributed by atoms with Crippen molar-refractivity contribution in [3.8, 4) is 0 Å². The minimum Gasteiger partial charge on any atom is -0.390 e. The van der Waals surface area contributed by atoms with E-state index in [0.717, 1.165) is 37.7 Å². The summed E-state index contributed by atoms with van der Waals surface area (Å²) in [4.78, 5) is 29.8. The molecule has 1 aromatic heterocycles. The quantitative estimate of drug-likeness (QED) is 0.445. The first-order valence-corrected chi connectivity index (χ1v) is 12.4. The van der Waals surface area contributed by atoms with Gasteiger partial charge >= 0.3 is 6.03 Å². The number of fused-ring (bicyclic) bond motifs is 1. The number of rotatable bonds is 4. The molecule has 4 aliphatic rings. The predicted molar refractivity (Wildman–Crippen MR) is 132 cm³/mol. The van der Waals surface area contributed by atoms with Crippen LogP contribution in [-0.4, -0.2) is 27.8 Å². The maximum atomic E-state index is 13.4. The lowest BCUT2D eigenvalue weighted by Crippen LogP contribution is -2.62. The number of carbonyl (C=O) groups is 1. The third-order valence-corrected chi connectivity index (χ3v) is 8.36. The van der Waals surface area contributed by atoms with Crippen LogP contribution in [-0.2, 0) is 0 Å². The largest absolute Gasteiger partial charge is 0.390 e. The van der Waals surface area contributed by atoms with E-state index in [-0.39, 0.29) is 17.5 Å². The van der Waals surface area contributed by atoms with Crippen molar-refractivity contribution in [1.29, 1.82) is 0 Å². The molecule has 4 fully saturated rings. The molecular weight excluding hydrogens is 450 g/mol. The van der Waals surface area contributed by atoms with Crippen molar-refractivity contribution in [3.63, 3.8) is 0 Å². The fraction of sp³-hybridized carbons (Fsp3) is 0.407. The fourth-order valence-corrected chi connectivity index (χ4v) is 7.12. The molecule has 3 aromatic rings. The van der Waals surface area contributed by atoms with Gasteiger partial charge in [0.2, 0.25) is 0 Å². The zero-order chi connectivity index (χ0) is 23.4. The molecule has 7 heteroatoms. The van der Waals surface area contributed by atoms with E-state index < -0.39 is 11.6 Å².